The average molecular weight is 360 g/mol. The molecule has 2 aromatic carbocycles. The molecular weight excluding hydrogens is 331 g/mol. The zero-order valence-electron chi connectivity index (χ0n) is 15.9. The maximum absolute atomic E-state index is 13.0. The number of benzene rings is 2. The minimum Gasteiger partial charge on any atom is -0.493 e. The largest absolute Gasteiger partial charge is 0.493 e. The number of ether oxygens (including phenoxy) is 2. The van der Waals surface area contributed by atoms with Gasteiger partial charge < -0.3 is 19.7 Å². The number of halogens is 1. The van der Waals surface area contributed by atoms with Crippen LogP contribution in [0.2, 0.25) is 0 Å². The molecule has 1 N–H and O–H groups in total. The number of nitrogens with zero attached hydrogens (tertiary/aromatic N) is 1. The van der Waals surface area contributed by atoms with E-state index in [-0.39, 0.29) is 5.82 Å². The van der Waals surface area contributed by atoms with Crippen molar-refractivity contribution in [3.05, 3.63) is 59.4 Å². The van der Waals surface area contributed by atoms with Crippen molar-refractivity contribution < 1.29 is 13.9 Å². The standard InChI is InChI=1S/C21H29FN2O2/c1-4-24(5-2)13-12-23-15-18-8-11-20(21(14-18)25-3)26-16-17-6-9-19(22)10-7-17/h6-11,14,23H,4-5,12-13,15-16H2,1-3H3. The Bertz CT molecular complexity index is 658. The molecule has 0 amide bonds. The van der Waals surface area contributed by atoms with Gasteiger partial charge in [-0.2, -0.15) is 0 Å². The van der Waals surface area contributed by atoms with E-state index in [0.29, 0.717) is 18.1 Å². The first-order chi connectivity index (χ1) is 12.7. The first-order valence-electron chi connectivity index (χ1n) is 9.13. The van der Waals surface area contributed by atoms with Crippen molar-refractivity contribution in [1.82, 2.24) is 10.2 Å². The summed E-state index contributed by atoms with van der Waals surface area (Å²) in [4.78, 5) is 2.39. The van der Waals surface area contributed by atoms with Crippen molar-refractivity contribution in [2.24, 2.45) is 0 Å². The van der Waals surface area contributed by atoms with Gasteiger partial charge in [0.25, 0.3) is 0 Å². The molecular formula is C21H29FN2O2. The van der Waals surface area contributed by atoms with Crippen molar-refractivity contribution in [2.75, 3.05) is 33.3 Å². The molecule has 142 valence electrons. The fourth-order valence-electron chi connectivity index (χ4n) is 2.69. The van der Waals surface area contributed by atoms with Crippen LogP contribution in [0.3, 0.4) is 0 Å². The molecule has 0 atom stereocenters. The predicted molar refractivity (Wildman–Crippen MR) is 103 cm³/mol. The molecule has 0 spiro atoms. The van der Waals surface area contributed by atoms with Gasteiger partial charge in [0, 0.05) is 19.6 Å². The monoisotopic (exact) mass is 360 g/mol. The van der Waals surface area contributed by atoms with E-state index in [1.807, 2.05) is 18.2 Å². The second-order valence-corrected chi connectivity index (χ2v) is 6.10. The maximum atomic E-state index is 13.0. The third-order valence-electron chi connectivity index (χ3n) is 4.36. The Kier molecular flexibility index (Phi) is 8.38. The molecule has 4 nitrogen and oxygen atoms in total. The highest BCUT2D eigenvalue weighted by atomic mass is 19.1. The fourth-order valence-corrected chi connectivity index (χ4v) is 2.69. The van der Waals surface area contributed by atoms with Gasteiger partial charge in [-0.15, -0.1) is 0 Å². The van der Waals surface area contributed by atoms with Crippen molar-refractivity contribution in [1.29, 1.82) is 0 Å². The molecule has 0 fully saturated rings. The van der Waals surface area contributed by atoms with Crippen LogP contribution in [-0.4, -0.2) is 38.2 Å². The van der Waals surface area contributed by atoms with Crippen LogP contribution in [-0.2, 0) is 13.2 Å². The Balaban J connectivity index is 1.87. The molecule has 0 saturated heterocycles. The summed E-state index contributed by atoms with van der Waals surface area (Å²) in [5, 5.41) is 3.46. The topological polar surface area (TPSA) is 33.7 Å². The highest BCUT2D eigenvalue weighted by Crippen LogP contribution is 2.28. The normalized spacial score (nSPS) is 11.0. The third-order valence-corrected chi connectivity index (χ3v) is 4.36. The number of hydrogen-bond donors (Lipinski definition) is 1. The number of rotatable bonds is 11. The second kappa shape index (κ2) is 10.8. The molecule has 0 bridgehead atoms. The summed E-state index contributed by atoms with van der Waals surface area (Å²) in [5.41, 5.74) is 2.06. The molecule has 0 aliphatic heterocycles. The smallest absolute Gasteiger partial charge is 0.161 e. The van der Waals surface area contributed by atoms with Crippen LogP contribution in [0.15, 0.2) is 42.5 Å². The summed E-state index contributed by atoms with van der Waals surface area (Å²) in [6, 6.07) is 12.2. The van der Waals surface area contributed by atoms with E-state index in [1.165, 1.54) is 12.1 Å². The molecule has 2 rings (SSSR count). The number of likely N-dealkylation sites (N-methyl/N-ethyl adjacent to an activating group) is 1. The zero-order chi connectivity index (χ0) is 18.8. The highest BCUT2D eigenvalue weighted by molar-refractivity contribution is 5.43. The Morgan fingerprint density at radius 2 is 1.65 bits per heavy atom. The molecule has 0 heterocycles. The van der Waals surface area contributed by atoms with Gasteiger partial charge in [-0.25, -0.2) is 4.39 Å². The minimum atomic E-state index is -0.246. The molecule has 0 radical (unpaired) electrons. The Morgan fingerprint density at radius 1 is 0.962 bits per heavy atom. The molecule has 2 aromatic rings. The van der Waals surface area contributed by atoms with E-state index in [2.05, 4.69) is 24.1 Å². The first-order valence-corrected chi connectivity index (χ1v) is 9.13. The molecule has 5 heteroatoms. The summed E-state index contributed by atoms with van der Waals surface area (Å²) in [7, 11) is 1.64. The van der Waals surface area contributed by atoms with Gasteiger partial charge >= 0.3 is 0 Å². The number of methoxy groups -OCH3 is 1. The molecule has 0 aromatic heterocycles. The van der Waals surface area contributed by atoms with Gasteiger partial charge in [-0.3, -0.25) is 0 Å². The quantitative estimate of drug-likeness (QED) is 0.617. The second-order valence-electron chi connectivity index (χ2n) is 6.10. The van der Waals surface area contributed by atoms with Crippen molar-refractivity contribution >= 4 is 0 Å². The zero-order valence-corrected chi connectivity index (χ0v) is 15.9. The van der Waals surface area contributed by atoms with Gasteiger partial charge in [-0.1, -0.05) is 32.0 Å². The Labute approximate surface area is 155 Å². The van der Waals surface area contributed by atoms with E-state index in [0.717, 1.165) is 43.9 Å². The third kappa shape index (κ3) is 6.32. The summed E-state index contributed by atoms with van der Waals surface area (Å²) in [6.07, 6.45) is 0. The summed E-state index contributed by atoms with van der Waals surface area (Å²) < 4.78 is 24.2. The lowest BCUT2D eigenvalue weighted by atomic mass is 10.2. The maximum Gasteiger partial charge on any atom is 0.161 e. The molecule has 0 aliphatic rings. The van der Waals surface area contributed by atoms with E-state index in [9.17, 15) is 4.39 Å². The van der Waals surface area contributed by atoms with Crippen LogP contribution in [0, 0.1) is 5.82 Å². The Hall–Kier alpha value is -2.11. The van der Waals surface area contributed by atoms with E-state index in [4.69, 9.17) is 9.47 Å². The predicted octanol–water partition coefficient (Wildman–Crippen LogP) is 3.84. The van der Waals surface area contributed by atoms with Gasteiger partial charge in [0.05, 0.1) is 7.11 Å². The van der Waals surface area contributed by atoms with Gasteiger partial charge in [0.1, 0.15) is 12.4 Å². The summed E-state index contributed by atoms with van der Waals surface area (Å²) in [5.74, 6) is 1.14. The van der Waals surface area contributed by atoms with Gasteiger partial charge in [0.15, 0.2) is 11.5 Å². The van der Waals surface area contributed by atoms with Crippen LogP contribution >= 0.6 is 0 Å². The van der Waals surface area contributed by atoms with Crippen LogP contribution in [0.25, 0.3) is 0 Å². The fraction of sp³-hybridized carbons (Fsp3) is 0.429. The molecule has 0 saturated carbocycles. The lowest BCUT2D eigenvalue weighted by Crippen LogP contribution is -2.31. The molecule has 26 heavy (non-hydrogen) atoms. The SMILES string of the molecule is CCN(CC)CCNCc1ccc(OCc2ccc(F)cc2)c(OC)c1. The first kappa shape index (κ1) is 20.2. The highest BCUT2D eigenvalue weighted by Gasteiger charge is 2.07. The van der Waals surface area contributed by atoms with E-state index < -0.39 is 0 Å². The number of hydrogen-bond acceptors (Lipinski definition) is 4. The molecule has 0 aliphatic carbocycles. The van der Waals surface area contributed by atoms with Gasteiger partial charge in [-0.05, 0) is 48.5 Å². The average Bonchev–Trinajstić information content (AvgIpc) is 2.68. The molecule has 0 unspecified atom stereocenters. The van der Waals surface area contributed by atoms with Crippen molar-refractivity contribution in [2.45, 2.75) is 27.0 Å². The van der Waals surface area contributed by atoms with Crippen LogP contribution in [0.5, 0.6) is 11.5 Å². The van der Waals surface area contributed by atoms with Crippen molar-refractivity contribution in [3.8, 4) is 11.5 Å². The lowest BCUT2D eigenvalue weighted by Gasteiger charge is -2.18. The summed E-state index contributed by atoms with van der Waals surface area (Å²) >= 11 is 0. The van der Waals surface area contributed by atoms with Crippen LogP contribution in [0.1, 0.15) is 25.0 Å². The van der Waals surface area contributed by atoms with E-state index in [1.54, 1.807) is 19.2 Å². The van der Waals surface area contributed by atoms with Crippen LogP contribution in [0.4, 0.5) is 4.39 Å². The van der Waals surface area contributed by atoms with Crippen LogP contribution < -0.4 is 14.8 Å². The van der Waals surface area contributed by atoms with Crippen molar-refractivity contribution in [3.63, 3.8) is 0 Å². The Morgan fingerprint density at radius 3 is 2.31 bits per heavy atom. The lowest BCUT2D eigenvalue weighted by molar-refractivity contribution is 0.284. The summed E-state index contributed by atoms with van der Waals surface area (Å²) in [6.45, 7) is 9.67. The minimum absolute atomic E-state index is 0.246. The van der Waals surface area contributed by atoms with Gasteiger partial charge in [0.2, 0.25) is 0 Å². The number of nitrogens with one attached hydrogen (secondary N) is 1. The van der Waals surface area contributed by atoms with E-state index >= 15 is 0 Å².